The minimum atomic E-state index is -0.538. The second-order valence-corrected chi connectivity index (χ2v) is 6.23. The summed E-state index contributed by atoms with van der Waals surface area (Å²) in [6.07, 6.45) is 0. The average molecular weight is 349 g/mol. The first-order valence-electron chi connectivity index (χ1n) is 7.19. The molecule has 9 heteroatoms. The van der Waals surface area contributed by atoms with E-state index in [9.17, 15) is 9.59 Å². The van der Waals surface area contributed by atoms with E-state index in [1.807, 2.05) is 31.3 Å². The van der Waals surface area contributed by atoms with Crippen LogP contribution in [0.1, 0.15) is 6.92 Å². The number of aromatic nitrogens is 3. The summed E-state index contributed by atoms with van der Waals surface area (Å²) in [4.78, 5) is 23.1. The molecule has 128 valence electrons. The first-order chi connectivity index (χ1) is 11.5. The number of urea groups is 1. The zero-order valence-corrected chi connectivity index (χ0v) is 14.7. The Bertz CT molecular complexity index is 729. The monoisotopic (exact) mass is 349 g/mol. The Balaban J connectivity index is 2.11. The number of methoxy groups -OCH3 is 1. The maximum atomic E-state index is 11.9. The molecule has 24 heavy (non-hydrogen) atoms. The fourth-order valence-electron chi connectivity index (χ4n) is 1.90. The Labute approximate surface area is 144 Å². The number of hydrogen-bond acceptors (Lipinski definition) is 6. The van der Waals surface area contributed by atoms with Crippen LogP contribution < -0.4 is 15.4 Å². The summed E-state index contributed by atoms with van der Waals surface area (Å²) in [6, 6.07) is 6.93. The Morgan fingerprint density at radius 2 is 1.92 bits per heavy atom. The van der Waals surface area contributed by atoms with Crippen LogP contribution in [0.3, 0.4) is 0 Å². The number of nitrogens with zero attached hydrogens (tertiary/aromatic N) is 3. The lowest BCUT2D eigenvalue weighted by Gasteiger charge is -2.10. The van der Waals surface area contributed by atoms with Crippen molar-refractivity contribution in [3.63, 3.8) is 0 Å². The summed E-state index contributed by atoms with van der Waals surface area (Å²) in [5.74, 6) is 1.04. The second-order valence-electron chi connectivity index (χ2n) is 4.92. The quantitative estimate of drug-likeness (QED) is 0.793. The summed E-state index contributed by atoms with van der Waals surface area (Å²) in [5.41, 5.74) is 0.889. The van der Waals surface area contributed by atoms with Crippen LogP contribution in [-0.4, -0.2) is 46.1 Å². The molecule has 0 saturated heterocycles. The minimum Gasteiger partial charge on any atom is -0.497 e. The number of nitrogens with one attached hydrogen (secondary N) is 2. The third-order valence-corrected chi connectivity index (χ3v) is 4.43. The van der Waals surface area contributed by atoms with Crippen molar-refractivity contribution < 1.29 is 14.3 Å². The molecular formula is C15H19N5O3S. The molecule has 3 amide bonds. The number of rotatable bonds is 5. The van der Waals surface area contributed by atoms with Gasteiger partial charge in [-0.25, -0.2) is 4.79 Å². The fraction of sp³-hybridized carbons (Fsp3) is 0.333. The smallest absolute Gasteiger partial charge is 0.321 e. The summed E-state index contributed by atoms with van der Waals surface area (Å²) < 4.78 is 6.94. The fourth-order valence-corrected chi connectivity index (χ4v) is 2.71. The number of imide groups is 1. The van der Waals surface area contributed by atoms with E-state index in [-0.39, 0.29) is 0 Å². The lowest BCUT2D eigenvalue weighted by Crippen LogP contribution is -2.41. The van der Waals surface area contributed by atoms with Gasteiger partial charge in [-0.05, 0) is 31.2 Å². The number of thioether (sulfide) groups is 1. The van der Waals surface area contributed by atoms with E-state index in [4.69, 9.17) is 4.74 Å². The van der Waals surface area contributed by atoms with Gasteiger partial charge in [0.25, 0.3) is 0 Å². The van der Waals surface area contributed by atoms with Crippen LogP contribution in [0, 0.1) is 0 Å². The van der Waals surface area contributed by atoms with Crippen molar-refractivity contribution in [1.29, 1.82) is 0 Å². The molecule has 8 nitrogen and oxygen atoms in total. The van der Waals surface area contributed by atoms with Crippen molar-refractivity contribution in [1.82, 2.24) is 25.4 Å². The molecule has 0 spiro atoms. The second kappa shape index (κ2) is 7.82. The van der Waals surface area contributed by atoms with Gasteiger partial charge in [-0.3, -0.25) is 10.1 Å². The summed E-state index contributed by atoms with van der Waals surface area (Å²) >= 11 is 1.23. The molecular weight excluding hydrogens is 330 g/mol. The molecule has 1 atom stereocenters. The highest BCUT2D eigenvalue weighted by Crippen LogP contribution is 2.26. The number of carbonyl (C=O) groups excluding carboxylic acids is 2. The highest BCUT2D eigenvalue weighted by atomic mass is 32.2. The molecule has 0 aliphatic carbocycles. The van der Waals surface area contributed by atoms with Crippen molar-refractivity contribution >= 4 is 23.7 Å². The van der Waals surface area contributed by atoms with Crippen LogP contribution in [-0.2, 0) is 11.8 Å². The number of carbonyl (C=O) groups is 2. The van der Waals surface area contributed by atoms with Gasteiger partial charge in [0.15, 0.2) is 11.0 Å². The van der Waals surface area contributed by atoms with Gasteiger partial charge in [-0.1, -0.05) is 11.8 Å². The molecule has 1 heterocycles. The van der Waals surface area contributed by atoms with Crippen molar-refractivity contribution in [2.45, 2.75) is 17.3 Å². The van der Waals surface area contributed by atoms with E-state index in [0.29, 0.717) is 11.0 Å². The van der Waals surface area contributed by atoms with E-state index in [1.165, 1.54) is 18.8 Å². The predicted molar refractivity (Wildman–Crippen MR) is 90.9 cm³/mol. The van der Waals surface area contributed by atoms with Crippen LogP contribution >= 0.6 is 11.8 Å². The van der Waals surface area contributed by atoms with Gasteiger partial charge < -0.3 is 14.6 Å². The minimum absolute atomic E-state index is 0.395. The summed E-state index contributed by atoms with van der Waals surface area (Å²) in [5, 5.41) is 13.0. The lowest BCUT2D eigenvalue weighted by molar-refractivity contribution is -0.119. The van der Waals surface area contributed by atoms with Crippen LogP contribution in [0.15, 0.2) is 29.4 Å². The number of hydrogen-bond donors (Lipinski definition) is 2. The molecule has 0 radical (unpaired) electrons. The molecule has 1 aromatic carbocycles. The maximum Gasteiger partial charge on any atom is 0.321 e. The third-order valence-electron chi connectivity index (χ3n) is 3.30. The van der Waals surface area contributed by atoms with Crippen LogP contribution in [0.4, 0.5) is 4.79 Å². The van der Waals surface area contributed by atoms with Crippen molar-refractivity contribution in [2.75, 3.05) is 14.2 Å². The number of amides is 3. The molecule has 2 aromatic rings. The summed E-state index contributed by atoms with van der Waals surface area (Å²) in [6.45, 7) is 1.70. The molecule has 0 bridgehead atoms. The molecule has 1 aromatic heterocycles. The van der Waals surface area contributed by atoms with Crippen molar-refractivity contribution in [2.24, 2.45) is 7.05 Å². The van der Waals surface area contributed by atoms with Crippen LogP contribution in [0.2, 0.25) is 0 Å². The van der Waals surface area contributed by atoms with E-state index < -0.39 is 17.2 Å². The third kappa shape index (κ3) is 4.05. The molecule has 0 aliphatic heterocycles. The Hall–Kier alpha value is -2.55. The topological polar surface area (TPSA) is 98.1 Å². The van der Waals surface area contributed by atoms with Crippen molar-refractivity contribution in [3.8, 4) is 17.1 Å². The molecule has 0 saturated carbocycles. The van der Waals surface area contributed by atoms with Gasteiger partial charge in [0, 0.05) is 19.7 Å². The average Bonchev–Trinajstić information content (AvgIpc) is 2.95. The van der Waals surface area contributed by atoms with E-state index >= 15 is 0 Å². The Morgan fingerprint density at radius 3 is 2.50 bits per heavy atom. The summed E-state index contributed by atoms with van der Waals surface area (Å²) in [7, 11) is 4.88. The maximum absolute atomic E-state index is 11.9. The van der Waals surface area contributed by atoms with Gasteiger partial charge in [-0.2, -0.15) is 0 Å². The van der Waals surface area contributed by atoms with Crippen LogP contribution in [0.25, 0.3) is 11.4 Å². The van der Waals surface area contributed by atoms with Crippen LogP contribution in [0.5, 0.6) is 5.75 Å². The molecule has 2 N–H and O–H groups in total. The Morgan fingerprint density at radius 1 is 1.25 bits per heavy atom. The highest BCUT2D eigenvalue weighted by molar-refractivity contribution is 8.00. The molecule has 2 rings (SSSR count). The van der Waals surface area contributed by atoms with Gasteiger partial charge >= 0.3 is 6.03 Å². The zero-order chi connectivity index (χ0) is 17.7. The first kappa shape index (κ1) is 17.8. The van der Waals surface area contributed by atoms with Crippen molar-refractivity contribution in [3.05, 3.63) is 24.3 Å². The largest absolute Gasteiger partial charge is 0.497 e. The molecule has 0 unspecified atom stereocenters. The van der Waals surface area contributed by atoms with Gasteiger partial charge in [0.2, 0.25) is 5.91 Å². The van der Waals surface area contributed by atoms with E-state index in [2.05, 4.69) is 20.8 Å². The van der Waals surface area contributed by atoms with Gasteiger partial charge in [0.1, 0.15) is 5.75 Å². The number of ether oxygens (including phenoxy) is 1. The standard InChI is InChI=1S/C15H19N5O3S/c1-9(13(21)17-14(22)16-2)24-15-19-18-12(20(15)3)10-5-7-11(23-4)8-6-10/h5-9H,1-4H3,(H2,16,17,21,22)/t9-/m1/s1. The van der Waals surface area contributed by atoms with Gasteiger partial charge in [-0.15, -0.1) is 10.2 Å². The van der Waals surface area contributed by atoms with Gasteiger partial charge in [0.05, 0.1) is 12.4 Å². The lowest BCUT2D eigenvalue weighted by atomic mass is 10.2. The van der Waals surface area contributed by atoms with E-state index in [1.54, 1.807) is 18.6 Å². The normalized spacial score (nSPS) is 11.7. The highest BCUT2D eigenvalue weighted by Gasteiger charge is 2.20. The zero-order valence-electron chi connectivity index (χ0n) is 13.9. The first-order valence-corrected chi connectivity index (χ1v) is 8.07. The number of benzene rings is 1. The SMILES string of the molecule is CNC(=O)NC(=O)[C@@H](C)Sc1nnc(-c2ccc(OC)cc2)n1C. The Kier molecular flexibility index (Phi) is 5.80. The molecule has 0 aliphatic rings. The predicted octanol–water partition coefficient (Wildman–Crippen LogP) is 1.43. The molecule has 0 fully saturated rings. The van der Waals surface area contributed by atoms with E-state index in [0.717, 1.165) is 11.3 Å².